The number of benzene rings is 1. The molecule has 0 radical (unpaired) electrons. The van der Waals surface area contributed by atoms with Crippen LogP contribution < -0.4 is 9.64 Å². The lowest BCUT2D eigenvalue weighted by atomic mass is 10.1. The van der Waals surface area contributed by atoms with E-state index in [1.807, 2.05) is 6.07 Å². The van der Waals surface area contributed by atoms with Crippen molar-refractivity contribution in [3.05, 3.63) is 54.7 Å². The van der Waals surface area contributed by atoms with Crippen LogP contribution in [0.2, 0.25) is 0 Å². The number of anilines is 1. The van der Waals surface area contributed by atoms with Gasteiger partial charge in [0.2, 0.25) is 5.95 Å². The van der Waals surface area contributed by atoms with Crippen LogP contribution in [0.4, 0.5) is 10.3 Å². The molecule has 0 bridgehead atoms. The fourth-order valence-corrected chi connectivity index (χ4v) is 3.78. The highest BCUT2D eigenvalue weighted by molar-refractivity contribution is 5.84. The third-order valence-electron chi connectivity index (χ3n) is 5.54. The highest BCUT2D eigenvalue weighted by atomic mass is 19.1. The summed E-state index contributed by atoms with van der Waals surface area (Å²) in [7, 11) is 3.63. The lowest BCUT2D eigenvalue weighted by Crippen LogP contribution is -2.45. The van der Waals surface area contributed by atoms with Gasteiger partial charge in [0.15, 0.2) is 5.82 Å². The molecule has 31 heavy (non-hydrogen) atoms. The first-order valence-corrected chi connectivity index (χ1v) is 10.1. The molecule has 1 aromatic carbocycles. The van der Waals surface area contributed by atoms with Crippen molar-refractivity contribution in [2.24, 2.45) is 0 Å². The third kappa shape index (κ3) is 3.57. The Hall–Kier alpha value is -3.59. The van der Waals surface area contributed by atoms with Gasteiger partial charge in [-0.3, -0.25) is 4.98 Å². The zero-order chi connectivity index (χ0) is 21.4. The second kappa shape index (κ2) is 7.92. The number of fused-ring (bicyclic) bond motifs is 1. The number of ether oxygens (including phenoxy) is 1. The predicted molar refractivity (Wildman–Crippen MR) is 116 cm³/mol. The summed E-state index contributed by atoms with van der Waals surface area (Å²) in [4.78, 5) is 18.1. The molecule has 0 aliphatic carbocycles. The van der Waals surface area contributed by atoms with Gasteiger partial charge in [0.1, 0.15) is 11.6 Å². The molecule has 1 fully saturated rings. The van der Waals surface area contributed by atoms with Crippen LogP contribution in [0.1, 0.15) is 0 Å². The molecule has 8 nitrogen and oxygen atoms in total. The lowest BCUT2D eigenvalue weighted by molar-refractivity contribution is 0.311. The summed E-state index contributed by atoms with van der Waals surface area (Å²) in [6.45, 7) is 3.69. The maximum absolute atomic E-state index is 14.6. The van der Waals surface area contributed by atoms with Gasteiger partial charge in [-0.25, -0.2) is 14.1 Å². The fourth-order valence-electron chi connectivity index (χ4n) is 3.78. The van der Waals surface area contributed by atoms with E-state index in [0.717, 1.165) is 37.1 Å². The van der Waals surface area contributed by atoms with Gasteiger partial charge in [0, 0.05) is 50.0 Å². The van der Waals surface area contributed by atoms with E-state index in [1.165, 1.54) is 13.2 Å². The summed E-state index contributed by atoms with van der Waals surface area (Å²) >= 11 is 0. The Morgan fingerprint density at radius 2 is 1.87 bits per heavy atom. The van der Waals surface area contributed by atoms with E-state index < -0.39 is 5.82 Å². The van der Waals surface area contributed by atoms with Crippen molar-refractivity contribution in [1.82, 2.24) is 29.6 Å². The van der Waals surface area contributed by atoms with Crippen LogP contribution in [-0.4, -0.2) is 70.0 Å². The van der Waals surface area contributed by atoms with Crippen LogP contribution in [-0.2, 0) is 0 Å². The fraction of sp³-hybridized carbons (Fsp3) is 0.273. The van der Waals surface area contributed by atoms with E-state index in [4.69, 9.17) is 9.72 Å². The van der Waals surface area contributed by atoms with Gasteiger partial charge in [-0.2, -0.15) is 10.1 Å². The van der Waals surface area contributed by atoms with Crippen molar-refractivity contribution in [2.45, 2.75) is 0 Å². The first kappa shape index (κ1) is 19.4. The maximum Gasteiger partial charge on any atom is 0.227 e. The Bertz CT molecular complexity index is 1230. The van der Waals surface area contributed by atoms with Gasteiger partial charge in [0.05, 0.1) is 30.1 Å². The van der Waals surface area contributed by atoms with Crippen LogP contribution >= 0.6 is 0 Å². The summed E-state index contributed by atoms with van der Waals surface area (Å²) in [5.41, 5.74) is 1.57. The number of halogens is 1. The van der Waals surface area contributed by atoms with Crippen molar-refractivity contribution >= 4 is 16.9 Å². The Morgan fingerprint density at radius 3 is 2.68 bits per heavy atom. The quantitative estimate of drug-likeness (QED) is 0.504. The van der Waals surface area contributed by atoms with E-state index >= 15 is 0 Å². The number of hydrogen-bond donors (Lipinski definition) is 0. The Morgan fingerprint density at radius 1 is 1.03 bits per heavy atom. The van der Waals surface area contributed by atoms with Crippen LogP contribution in [0, 0.1) is 5.82 Å². The number of nitrogens with zero attached hydrogens (tertiary/aromatic N) is 7. The van der Waals surface area contributed by atoms with E-state index in [0.29, 0.717) is 28.8 Å². The second-order valence-corrected chi connectivity index (χ2v) is 7.51. The number of rotatable bonds is 4. The average Bonchev–Trinajstić information content (AvgIpc) is 3.22. The zero-order valence-corrected chi connectivity index (χ0v) is 17.4. The first-order chi connectivity index (χ1) is 15.1. The zero-order valence-electron chi connectivity index (χ0n) is 17.4. The van der Waals surface area contributed by atoms with Gasteiger partial charge in [-0.15, -0.1) is 0 Å². The summed E-state index contributed by atoms with van der Waals surface area (Å²) in [5.74, 6) is 1.37. The summed E-state index contributed by atoms with van der Waals surface area (Å²) < 4.78 is 21.7. The molecule has 1 aliphatic heterocycles. The Kier molecular flexibility index (Phi) is 4.95. The minimum Gasteiger partial charge on any atom is -0.496 e. The van der Waals surface area contributed by atoms with E-state index in [1.54, 1.807) is 41.5 Å². The summed E-state index contributed by atoms with van der Waals surface area (Å²) in [5, 5.41) is 5.33. The largest absolute Gasteiger partial charge is 0.496 e. The van der Waals surface area contributed by atoms with Crippen molar-refractivity contribution in [3.63, 3.8) is 0 Å². The van der Waals surface area contributed by atoms with Crippen LogP contribution in [0.15, 0.2) is 48.9 Å². The standard InChI is InChI=1S/C22H22FN7O/c1-28-8-10-29(11-9-28)22-24-7-6-20(27-22)30-18-12-17(25-13-15(18)14-26-30)21-16(23)4-3-5-19(21)31-2/h3-7,12-14H,8-11H2,1-2H3. The van der Waals surface area contributed by atoms with Crippen LogP contribution in [0.25, 0.3) is 28.0 Å². The highest BCUT2D eigenvalue weighted by Gasteiger charge is 2.19. The van der Waals surface area contributed by atoms with Crippen molar-refractivity contribution in [2.75, 3.05) is 45.2 Å². The molecule has 0 amide bonds. The molecule has 5 rings (SSSR count). The van der Waals surface area contributed by atoms with Gasteiger partial charge in [0.25, 0.3) is 0 Å². The molecule has 0 atom stereocenters. The summed E-state index contributed by atoms with van der Waals surface area (Å²) in [6.07, 6.45) is 5.15. The molecule has 0 spiro atoms. The lowest BCUT2D eigenvalue weighted by Gasteiger charge is -2.32. The van der Waals surface area contributed by atoms with Gasteiger partial charge < -0.3 is 14.5 Å². The highest BCUT2D eigenvalue weighted by Crippen LogP contribution is 2.33. The molecule has 4 heterocycles. The minimum absolute atomic E-state index is 0.320. The molecule has 1 aliphatic rings. The Labute approximate surface area is 178 Å². The van der Waals surface area contributed by atoms with Gasteiger partial charge in [-0.05, 0) is 25.2 Å². The molecule has 158 valence electrons. The SMILES string of the molecule is COc1cccc(F)c1-c1cc2c(cn1)cnn2-c1ccnc(N2CCN(C)CC2)n1. The number of likely N-dealkylation sites (N-methyl/N-ethyl adjacent to an activating group) is 1. The minimum atomic E-state index is -0.392. The number of methoxy groups -OCH3 is 1. The summed E-state index contributed by atoms with van der Waals surface area (Å²) in [6, 6.07) is 8.35. The average molecular weight is 419 g/mol. The topological polar surface area (TPSA) is 72.2 Å². The molecule has 3 aromatic heterocycles. The molecule has 1 saturated heterocycles. The smallest absolute Gasteiger partial charge is 0.227 e. The monoisotopic (exact) mass is 419 g/mol. The molecular formula is C22H22FN7O. The normalized spacial score (nSPS) is 14.9. The van der Waals surface area contributed by atoms with E-state index in [-0.39, 0.29) is 0 Å². The van der Waals surface area contributed by atoms with E-state index in [2.05, 4.69) is 31.9 Å². The number of aromatic nitrogens is 5. The van der Waals surface area contributed by atoms with Crippen molar-refractivity contribution in [3.8, 4) is 22.8 Å². The predicted octanol–water partition coefficient (Wildman–Crippen LogP) is 2.78. The van der Waals surface area contributed by atoms with Crippen LogP contribution in [0.5, 0.6) is 5.75 Å². The van der Waals surface area contributed by atoms with Gasteiger partial charge in [-0.1, -0.05) is 6.07 Å². The van der Waals surface area contributed by atoms with Crippen molar-refractivity contribution in [1.29, 1.82) is 0 Å². The molecule has 4 aromatic rings. The van der Waals surface area contributed by atoms with Crippen LogP contribution in [0.3, 0.4) is 0 Å². The number of pyridine rings is 1. The molecule has 0 saturated carbocycles. The molecular weight excluding hydrogens is 397 g/mol. The van der Waals surface area contributed by atoms with Crippen molar-refractivity contribution < 1.29 is 9.13 Å². The third-order valence-corrected chi connectivity index (χ3v) is 5.54. The Balaban J connectivity index is 1.56. The molecule has 0 unspecified atom stereocenters. The van der Waals surface area contributed by atoms with Gasteiger partial charge >= 0.3 is 0 Å². The molecule has 9 heteroatoms. The second-order valence-electron chi connectivity index (χ2n) is 7.51. The maximum atomic E-state index is 14.6. The molecule has 0 N–H and O–H groups in total. The number of piperazine rings is 1. The number of hydrogen-bond acceptors (Lipinski definition) is 7. The van der Waals surface area contributed by atoms with E-state index in [9.17, 15) is 4.39 Å². The first-order valence-electron chi connectivity index (χ1n) is 10.1.